The number of rotatable bonds is 31. The Kier molecular flexibility index (Phi) is 31.6. The van der Waals surface area contributed by atoms with Gasteiger partial charge >= 0.3 is 11.9 Å². The van der Waals surface area contributed by atoms with E-state index in [1.54, 1.807) is 6.08 Å². The molecule has 0 bridgehead atoms. The summed E-state index contributed by atoms with van der Waals surface area (Å²) < 4.78 is 10.5. The van der Waals surface area contributed by atoms with Crippen LogP contribution in [0, 0.1) is 5.92 Å². The van der Waals surface area contributed by atoms with E-state index in [0.29, 0.717) is 19.3 Å². The van der Waals surface area contributed by atoms with Crippen LogP contribution in [0.1, 0.15) is 156 Å². The standard InChI is InChI=1S/C39H68O6/c1-4-5-6-7-19-24-29-36(41)30-25-20-15-12-13-16-21-26-31-38(42)44-34-37(33-40)45-39(43)32-27-22-17-11-9-8-10-14-18-23-28-35(2)3/h13,15-16,19-20,24-25,30,35-37,40-41H,4-12,14,17-18,21-23,26-29,31-34H2,1-3H3/b16-13-,20-15-,24-19-,30-25+/t36-,37+/m1/s1. The number of hydrogen-bond donors (Lipinski definition) is 2. The third-order valence-corrected chi connectivity index (χ3v) is 7.63. The molecule has 2 atom stereocenters. The zero-order valence-electron chi connectivity index (χ0n) is 29.1. The lowest BCUT2D eigenvalue weighted by molar-refractivity contribution is -0.161. The summed E-state index contributed by atoms with van der Waals surface area (Å²) in [6, 6.07) is 0. The van der Waals surface area contributed by atoms with Crippen molar-refractivity contribution in [3.8, 4) is 0 Å². The van der Waals surface area contributed by atoms with Gasteiger partial charge in [-0.25, -0.2) is 0 Å². The predicted octanol–water partition coefficient (Wildman–Crippen LogP) is 9.89. The number of ether oxygens (including phenoxy) is 2. The second kappa shape index (κ2) is 33.2. The quantitative estimate of drug-likeness (QED) is 0.0342. The minimum absolute atomic E-state index is 0.114. The second-order valence-electron chi connectivity index (χ2n) is 12.6. The summed E-state index contributed by atoms with van der Waals surface area (Å²) in [5, 5.41) is 19.5. The largest absolute Gasteiger partial charge is 0.462 e. The van der Waals surface area contributed by atoms with Crippen molar-refractivity contribution in [1.29, 1.82) is 0 Å². The summed E-state index contributed by atoms with van der Waals surface area (Å²) in [7, 11) is 0. The molecule has 0 amide bonds. The van der Waals surface area contributed by atoms with Crippen LogP contribution in [-0.4, -0.2) is 47.6 Å². The molecule has 0 aromatic rings. The number of carbonyl (C=O) groups is 2. The maximum Gasteiger partial charge on any atom is 0.306 e. The van der Waals surface area contributed by atoms with E-state index in [4.69, 9.17) is 9.47 Å². The Hall–Kier alpha value is -2.18. The lowest BCUT2D eigenvalue weighted by Gasteiger charge is -2.15. The second-order valence-corrected chi connectivity index (χ2v) is 12.6. The van der Waals surface area contributed by atoms with Crippen molar-refractivity contribution in [2.75, 3.05) is 13.2 Å². The zero-order chi connectivity index (χ0) is 33.2. The van der Waals surface area contributed by atoms with Gasteiger partial charge in [0, 0.05) is 12.8 Å². The zero-order valence-corrected chi connectivity index (χ0v) is 29.1. The Bertz CT molecular complexity index is 797. The smallest absolute Gasteiger partial charge is 0.306 e. The van der Waals surface area contributed by atoms with E-state index in [1.807, 2.05) is 36.5 Å². The van der Waals surface area contributed by atoms with Crippen molar-refractivity contribution in [1.82, 2.24) is 0 Å². The van der Waals surface area contributed by atoms with Crippen LogP contribution < -0.4 is 0 Å². The number of aliphatic hydroxyl groups is 2. The van der Waals surface area contributed by atoms with E-state index in [-0.39, 0.29) is 31.6 Å². The third-order valence-electron chi connectivity index (χ3n) is 7.63. The van der Waals surface area contributed by atoms with Crippen molar-refractivity contribution in [2.24, 2.45) is 5.92 Å². The molecule has 0 unspecified atom stereocenters. The van der Waals surface area contributed by atoms with Gasteiger partial charge in [0.25, 0.3) is 0 Å². The van der Waals surface area contributed by atoms with Crippen molar-refractivity contribution < 1.29 is 29.3 Å². The number of aliphatic hydroxyl groups excluding tert-OH is 2. The Morgan fingerprint density at radius 1 is 0.689 bits per heavy atom. The molecule has 0 aliphatic heterocycles. The molecule has 0 aromatic heterocycles. The summed E-state index contributed by atoms with van der Waals surface area (Å²) in [5.41, 5.74) is 0. The number of hydrogen-bond acceptors (Lipinski definition) is 6. The first-order valence-corrected chi connectivity index (χ1v) is 18.2. The molecule has 0 aliphatic rings. The first-order chi connectivity index (χ1) is 21.9. The molecule has 0 rings (SSSR count). The highest BCUT2D eigenvalue weighted by atomic mass is 16.6. The molecular weight excluding hydrogens is 564 g/mol. The summed E-state index contributed by atoms with van der Waals surface area (Å²) in [4.78, 5) is 24.1. The molecule has 45 heavy (non-hydrogen) atoms. The van der Waals surface area contributed by atoms with Crippen molar-refractivity contribution in [3.05, 3.63) is 48.6 Å². The van der Waals surface area contributed by atoms with Crippen LogP contribution in [0.25, 0.3) is 0 Å². The summed E-state index contributed by atoms with van der Waals surface area (Å²) in [5.74, 6) is 0.118. The van der Waals surface area contributed by atoms with Gasteiger partial charge in [0.2, 0.25) is 0 Å². The van der Waals surface area contributed by atoms with E-state index in [0.717, 1.165) is 44.4 Å². The summed E-state index contributed by atoms with van der Waals surface area (Å²) in [6.07, 6.45) is 36.3. The van der Waals surface area contributed by atoms with Gasteiger partial charge in [0.1, 0.15) is 6.61 Å². The van der Waals surface area contributed by atoms with E-state index >= 15 is 0 Å². The lowest BCUT2D eigenvalue weighted by Crippen LogP contribution is -2.28. The molecule has 0 aliphatic carbocycles. The molecule has 260 valence electrons. The fourth-order valence-electron chi connectivity index (χ4n) is 4.81. The lowest BCUT2D eigenvalue weighted by atomic mass is 10.0. The summed E-state index contributed by atoms with van der Waals surface area (Å²) >= 11 is 0. The highest BCUT2D eigenvalue weighted by Gasteiger charge is 2.16. The van der Waals surface area contributed by atoms with Gasteiger partial charge in [0.05, 0.1) is 12.7 Å². The molecule has 0 radical (unpaired) electrons. The van der Waals surface area contributed by atoms with Crippen LogP contribution in [-0.2, 0) is 19.1 Å². The molecule has 0 heterocycles. The first kappa shape index (κ1) is 42.8. The molecule has 0 fully saturated rings. The van der Waals surface area contributed by atoms with Crippen LogP contribution in [0.15, 0.2) is 48.6 Å². The molecule has 2 N–H and O–H groups in total. The number of carbonyl (C=O) groups excluding carboxylic acids is 2. The van der Waals surface area contributed by atoms with Crippen molar-refractivity contribution in [3.63, 3.8) is 0 Å². The van der Waals surface area contributed by atoms with Gasteiger partial charge in [0.15, 0.2) is 6.10 Å². The van der Waals surface area contributed by atoms with Crippen LogP contribution in [0.5, 0.6) is 0 Å². The highest BCUT2D eigenvalue weighted by molar-refractivity contribution is 5.70. The monoisotopic (exact) mass is 633 g/mol. The SMILES string of the molecule is CCCCC/C=C\C[C@@H](O)/C=C/C=C\C/C=C\CCCC(=O)OC[C@H](CO)OC(=O)CCCCCCCCCCCCC(C)C. The molecule has 6 heteroatoms. The van der Waals surface area contributed by atoms with E-state index in [2.05, 4.69) is 26.8 Å². The average Bonchev–Trinajstić information content (AvgIpc) is 3.02. The molecular formula is C39H68O6. The fraction of sp³-hybridized carbons (Fsp3) is 0.744. The first-order valence-electron chi connectivity index (χ1n) is 18.2. The van der Waals surface area contributed by atoms with Crippen LogP contribution >= 0.6 is 0 Å². The average molecular weight is 633 g/mol. The summed E-state index contributed by atoms with van der Waals surface area (Å²) in [6.45, 7) is 6.29. The number of unbranched alkanes of at least 4 members (excludes halogenated alkanes) is 13. The third kappa shape index (κ3) is 33.0. The topological polar surface area (TPSA) is 93.1 Å². The Labute approximate surface area is 276 Å². The van der Waals surface area contributed by atoms with E-state index < -0.39 is 12.2 Å². The predicted molar refractivity (Wildman–Crippen MR) is 188 cm³/mol. The molecule has 0 saturated heterocycles. The van der Waals surface area contributed by atoms with Crippen LogP contribution in [0.3, 0.4) is 0 Å². The van der Waals surface area contributed by atoms with Crippen molar-refractivity contribution >= 4 is 11.9 Å². The van der Waals surface area contributed by atoms with Gasteiger partial charge in [-0.15, -0.1) is 0 Å². The Balaban J connectivity index is 3.77. The van der Waals surface area contributed by atoms with Gasteiger partial charge in [-0.2, -0.15) is 0 Å². The van der Waals surface area contributed by atoms with Crippen molar-refractivity contribution in [2.45, 2.75) is 168 Å². The van der Waals surface area contributed by atoms with Crippen LogP contribution in [0.2, 0.25) is 0 Å². The van der Waals surface area contributed by atoms with E-state index in [9.17, 15) is 19.8 Å². The number of esters is 2. The van der Waals surface area contributed by atoms with Gasteiger partial charge < -0.3 is 19.7 Å². The minimum atomic E-state index is -0.809. The highest BCUT2D eigenvalue weighted by Crippen LogP contribution is 2.14. The van der Waals surface area contributed by atoms with Gasteiger partial charge in [-0.1, -0.05) is 146 Å². The van der Waals surface area contributed by atoms with E-state index in [1.165, 1.54) is 70.6 Å². The molecule has 0 aromatic carbocycles. The fourth-order valence-corrected chi connectivity index (χ4v) is 4.81. The maximum atomic E-state index is 12.1. The maximum absolute atomic E-state index is 12.1. The van der Waals surface area contributed by atoms with Gasteiger partial charge in [-0.3, -0.25) is 9.59 Å². The Morgan fingerprint density at radius 3 is 1.98 bits per heavy atom. The molecule has 6 nitrogen and oxygen atoms in total. The minimum Gasteiger partial charge on any atom is -0.462 e. The van der Waals surface area contributed by atoms with Crippen LogP contribution in [0.4, 0.5) is 0 Å². The molecule has 0 spiro atoms. The normalized spacial score (nSPS) is 13.6. The Morgan fingerprint density at radius 2 is 1.31 bits per heavy atom. The number of allylic oxidation sites excluding steroid dienone is 6. The molecule has 0 saturated carbocycles. The van der Waals surface area contributed by atoms with Gasteiger partial charge in [-0.05, 0) is 50.9 Å².